The Morgan fingerprint density at radius 2 is 2.00 bits per heavy atom. The van der Waals surface area contributed by atoms with Crippen molar-refractivity contribution in [2.75, 3.05) is 31.1 Å². The maximum absolute atomic E-state index is 14.1. The van der Waals surface area contributed by atoms with E-state index in [1.807, 2.05) is 4.90 Å². The number of amides is 1. The zero-order chi connectivity index (χ0) is 18.3. The predicted octanol–water partition coefficient (Wildman–Crippen LogP) is 1.66. The van der Waals surface area contributed by atoms with Crippen LogP contribution < -0.4 is 10.5 Å². The number of nitrogens with zero attached hydrogens (tertiary/aromatic N) is 3. The average Bonchev–Trinajstić information content (AvgIpc) is 3.06. The highest BCUT2D eigenvalue weighted by Crippen LogP contribution is 2.23. The summed E-state index contributed by atoms with van der Waals surface area (Å²) in [5.74, 6) is -0.0980. The van der Waals surface area contributed by atoms with E-state index in [9.17, 15) is 14.0 Å². The van der Waals surface area contributed by atoms with Crippen LogP contribution in [0.2, 0.25) is 0 Å². The summed E-state index contributed by atoms with van der Waals surface area (Å²) in [4.78, 5) is 38.1. The number of H-pyrrole nitrogens is 2. The summed E-state index contributed by atoms with van der Waals surface area (Å²) in [5, 5.41) is 0.324. The monoisotopic (exact) mass is 355 g/mol. The third-order valence-corrected chi connectivity index (χ3v) is 4.61. The van der Waals surface area contributed by atoms with Gasteiger partial charge >= 0.3 is 0 Å². The molecule has 1 fully saturated rings. The quantitative estimate of drug-likeness (QED) is 0.732. The summed E-state index contributed by atoms with van der Waals surface area (Å²) in [7, 11) is 0. The van der Waals surface area contributed by atoms with E-state index in [2.05, 4.69) is 15.0 Å². The van der Waals surface area contributed by atoms with Crippen molar-refractivity contribution in [1.82, 2.24) is 19.9 Å². The number of rotatable bonds is 2. The molecule has 0 atom stereocenters. The Morgan fingerprint density at radius 3 is 2.73 bits per heavy atom. The highest BCUT2D eigenvalue weighted by atomic mass is 19.1. The van der Waals surface area contributed by atoms with E-state index < -0.39 is 5.82 Å². The van der Waals surface area contributed by atoms with Gasteiger partial charge in [-0.05, 0) is 19.1 Å². The fourth-order valence-electron chi connectivity index (χ4n) is 3.31. The lowest BCUT2D eigenvalue weighted by atomic mass is 10.1. The summed E-state index contributed by atoms with van der Waals surface area (Å²) >= 11 is 0. The number of piperazine rings is 1. The Morgan fingerprint density at radius 1 is 1.23 bits per heavy atom. The number of fused-ring (bicyclic) bond motifs is 1. The lowest BCUT2D eigenvalue weighted by molar-refractivity contribution is 0.0748. The van der Waals surface area contributed by atoms with E-state index in [0.717, 1.165) is 0 Å². The van der Waals surface area contributed by atoms with Crippen LogP contribution in [0.15, 0.2) is 35.3 Å². The van der Waals surface area contributed by atoms with Gasteiger partial charge in [0.15, 0.2) is 0 Å². The summed E-state index contributed by atoms with van der Waals surface area (Å²) in [6, 6.07) is 6.14. The van der Waals surface area contributed by atoms with E-state index in [0.29, 0.717) is 54.3 Å². The molecule has 0 aliphatic carbocycles. The van der Waals surface area contributed by atoms with Gasteiger partial charge in [0.25, 0.3) is 11.5 Å². The highest BCUT2D eigenvalue weighted by Gasteiger charge is 2.26. The van der Waals surface area contributed by atoms with Crippen molar-refractivity contribution < 1.29 is 9.18 Å². The first-order valence-corrected chi connectivity index (χ1v) is 8.41. The maximum atomic E-state index is 14.1. The van der Waals surface area contributed by atoms with Gasteiger partial charge in [0.2, 0.25) is 5.95 Å². The molecule has 1 aliphatic rings. The van der Waals surface area contributed by atoms with Gasteiger partial charge in [0.1, 0.15) is 5.82 Å². The van der Waals surface area contributed by atoms with E-state index in [-0.39, 0.29) is 11.5 Å². The minimum Gasteiger partial charge on any atom is -0.360 e. The van der Waals surface area contributed by atoms with Gasteiger partial charge in [0, 0.05) is 55.0 Å². The van der Waals surface area contributed by atoms with Crippen LogP contribution in [0.3, 0.4) is 0 Å². The molecule has 2 aromatic heterocycles. The van der Waals surface area contributed by atoms with Crippen LogP contribution in [0.25, 0.3) is 10.9 Å². The fourth-order valence-corrected chi connectivity index (χ4v) is 3.31. The normalized spacial score (nSPS) is 14.8. The third kappa shape index (κ3) is 2.83. The molecule has 0 spiro atoms. The van der Waals surface area contributed by atoms with Crippen LogP contribution in [0.5, 0.6) is 0 Å². The summed E-state index contributed by atoms with van der Waals surface area (Å²) in [6.07, 6.45) is 1.56. The third-order valence-electron chi connectivity index (χ3n) is 4.61. The van der Waals surface area contributed by atoms with Gasteiger partial charge in [-0.25, -0.2) is 9.37 Å². The lowest BCUT2D eigenvalue weighted by Crippen LogP contribution is -2.49. The van der Waals surface area contributed by atoms with Crippen molar-refractivity contribution in [2.45, 2.75) is 6.92 Å². The molecule has 26 heavy (non-hydrogen) atoms. The second-order valence-corrected chi connectivity index (χ2v) is 6.35. The zero-order valence-electron chi connectivity index (χ0n) is 14.3. The number of anilines is 1. The van der Waals surface area contributed by atoms with Gasteiger partial charge in [-0.1, -0.05) is 6.07 Å². The number of benzene rings is 1. The number of aromatic amines is 2. The molecule has 4 rings (SSSR count). The molecule has 0 radical (unpaired) electrons. The fraction of sp³-hybridized carbons (Fsp3) is 0.278. The van der Waals surface area contributed by atoms with E-state index in [1.54, 1.807) is 30.2 Å². The van der Waals surface area contributed by atoms with Gasteiger partial charge in [0.05, 0.1) is 5.56 Å². The molecule has 0 saturated carbocycles. The molecule has 1 saturated heterocycles. The Labute approximate surface area is 148 Å². The van der Waals surface area contributed by atoms with Crippen molar-refractivity contribution >= 4 is 22.8 Å². The molecule has 0 bridgehead atoms. The van der Waals surface area contributed by atoms with E-state index in [4.69, 9.17) is 0 Å². The van der Waals surface area contributed by atoms with Crippen LogP contribution in [-0.2, 0) is 0 Å². The number of hydrogen-bond donors (Lipinski definition) is 2. The van der Waals surface area contributed by atoms with Gasteiger partial charge in [-0.3, -0.25) is 14.6 Å². The van der Waals surface area contributed by atoms with Crippen LogP contribution in [0, 0.1) is 12.7 Å². The van der Waals surface area contributed by atoms with Crippen LogP contribution in [-0.4, -0.2) is 51.9 Å². The Hall–Kier alpha value is -3.16. The molecule has 7 nitrogen and oxygen atoms in total. The summed E-state index contributed by atoms with van der Waals surface area (Å²) in [6.45, 7) is 3.80. The molecule has 3 heterocycles. The minimum atomic E-state index is -0.410. The molecular weight excluding hydrogens is 337 g/mol. The van der Waals surface area contributed by atoms with Crippen molar-refractivity contribution in [2.24, 2.45) is 0 Å². The number of carbonyl (C=O) groups excluding carboxylic acids is 1. The highest BCUT2D eigenvalue weighted by molar-refractivity contribution is 6.07. The van der Waals surface area contributed by atoms with Crippen LogP contribution in [0.1, 0.15) is 16.1 Å². The largest absolute Gasteiger partial charge is 0.360 e. The van der Waals surface area contributed by atoms with Crippen LogP contribution in [0.4, 0.5) is 10.3 Å². The molecule has 8 heteroatoms. The first-order valence-electron chi connectivity index (χ1n) is 8.41. The number of aryl methyl sites for hydroxylation is 1. The molecule has 3 aromatic rings. The number of nitrogens with one attached hydrogen (secondary N) is 2. The minimum absolute atomic E-state index is 0.194. The Kier molecular flexibility index (Phi) is 3.95. The Balaban J connectivity index is 1.52. The first-order chi connectivity index (χ1) is 12.5. The molecule has 1 aliphatic heterocycles. The molecule has 0 unspecified atom stereocenters. The Bertz CT molecular complexity index is 1030. The van der Waals surface area contributed by atoms with Crippen molar-refractivity contribution in [3.05, 3.63) is 57.9 Å². The standard InChI is InChI=1S/C18H18FN5O2/c1-11-9-15(25)22-18(21-11)24-7-5-23(6-8-24)17(26)12-10-20-14-4-2-3-13(19)16(12)14/h2-4,9-10,20H,5-8H2,1H3,(H,21,22,25). The van der Waals surface area contributed by atoms with E-state index >= 15 is 0 Å². The summed E-state index contributed by atoms with van der Waals surface area (Å²) in [5.41, 5.74) is 1.40. The zero-order valence-corrected chi connectivity index (χ0v) is 14.3. The topological polar surface area (TPSA) is 85.1 Å². The maximum Gasteiger partial charge on any atom is 0.256 e. The number of aromatic nitrogens is 3. The van der Waals surface area contributed by atoms with Gasteiger partial charge < -0.3 is 14.8 Å². The lowest BCUT2D eigenvalue weighted by Gasteiger charge is -2.35. The number of halogens is 1. The number of carbonyl (C=O) groups is 1. The van der Waals surface area contributed by atoms with Crippen molar-refractivity contribution in [3.63, 3.8) is 0 Å². The predicted molar refractivity (Wildman–Crippen MR) is 96.0 cm³/mol. The average molecular weight is 355 g/mol. The second-order valence-electron chi connectivity index (χ2n) is 6.35. The van der Waals surface area contributed by atoms with Gasteiger partial charge in [-0.2, -0.15) is 0 Å². The first kappa shape index (κ1) is 16.3. The molecular formula is C18H18FN5O2. The molecule has 1 amide bonds. The van der Waals surface area contributed by atoms with Crippen molar-refractivity contribution in [3.8, 4) is 0 Å². The summed E-state index contributed by atoms with van der Waals surface area (Å²) < 4.78 is 14.1. The molecule has 134 valence electrons. The SMILES string of the molecule is Cc1cc(=O)[nH]c(N2CCN(C(=O)c3c[nH]c4cccc(F)c34)CC2)n1. The number of hydrogen-bond acceptors (Lipinski definition) is 4. The van der Waals surface area contributed by atoms with Crippen molar-refractivity contribution in [1.29, 1.82) is 0 Å². The van der Waals surface area contributed by atoms with Gasteiger partial charge in [-0.15, -0.1) is 0 Å². The molecule has 1 aromatic carbocycles. The molecule has 2 N–H and O–H groups in total. The second kappa shape index (κ2) is 6.29. The van der Waals surface area contributed by atoms with E-state index in [1.165, 1.54) is 12.1 Å². The van der Waals surface area contributed by atoms with Crippen LogP contribution >= 0.6 is 0 Å². The smallest absolute Gasteiger partial charge is 0.256 e.